The van der Waals surface area contributed by atoms with Crippen molar-refractivity contribution in [2.24, 2.45) is 0 Å². The minimum atomic E-state index is 0.0881. The molecule has 2 radical (unpaired) electrons. The van der Waals surface area contributed by atoms with E-state index in [2.05, 4.69) is 19.1 Å². The van der Waals surface area contributed by atoms with Crippen LogP contribution in [0.1, 0.15) is 45.4 Å². The van der Waals surface area contributed by atoms with Crippen LogP contribution in [-0.4, -0.2) is 24.7 Å². The Morgan fingerprint density at radius 2 is 2.36 bits per heavy atom. The molecule has 1 aliphatic rings. The summed E-state index contributed by atoms with van der Waals surface area (Å²) in [5.41, 5.74) is 0. The number of unbranched alkanes of at least 4 members (excludes halogenated alkanes) is 1. The fourth-order valence-electron chi connectivity index (χ4n) is 1.73. The number of nitrogens with zero attached hydrogens (tertiary/aromatic N) is 1. The zero-order valence-corrected chi connectivity index (χ0v) is 8.91. The lowest BCUT2D eigenvalue weighted by Crippen LogP contribution is -2.41. The highest BCUT2D eigenvalue weighted by Crippen LogP contribution is 2.18. The van der Waals surface area contributed by atoms with Crippen molar-refractivity contribution >= 4 is 13.9 Å². The third-order valence-electron chi connectivity index (χ3n) is 2.64. The van der Waals surface area contributed by atoms with E-state index in [9.17, 15) is 4.79 Å². The number of hydrogen-bond donors (Lipinski definition) is 0. The van der Waals surface area contributed by atoms with Crippen molar-refractivity contribution in [3.05, 3.63) is 12.2 Å². The Morgan fingerprint density at radius 1 is 1.57 bits per heavy atom. The van der Waals surface area contributed by atoms with Gasteiger partial charge in [0.25, 0.3) is 0 Å². The molecule has 1 aliphatic heterocycles. The van der Waals surface area contributed by atoms with Gasteiger partial charge in [-0.25, -0.2) is 0 Å². The van der Waals surface area contributed by atoms with E-state index in [1.807, 2.05) is 0 Å². The van der Waals surface area contributed by atoms with Crippen LogP contribution in [0.5, 0.6) is 0 Å². The number of carbonyl (C=O) groups is 1. The van der Waals surface area contributed by atoms with Crippen LogP contribution >= 0.6 is 0 Å². The molecule has 76 valence electrons. The van der Waals surface area contributed by atoms with Gasteiger partial charge in [-0.3, -0.25) is 4.79 Å². The van der Waals surface area contributed by atoms with Gasteiger partial charge in [0.15, 0.2) is 0 Å². The summed E-state index contributed by atoms with van der Waals surface area (Å²) in [6.45, 7) is 2.16. The molecule has 1 fully saturated rings. The number of allylic oxidation sites excluding steroid dienone is 1. The van der Waals surface area contributed by atoms with Gasteiger partial charge >= 0.3 is 0 Å². The Kier molecular flexibility index (Phi) is 4.78. The normalized spacial score (nSPS) is 23.4. The van der Waals surface area contributed by atoms with Crippen LogP contribution in [0.4, 0.5) is 0 Å². The number of rotatable bonds is 4. The van der Waals surface area contributed by atoms with E-state index >= 15 is 0 Å². The van der Waals surface area contributed by atoms with Crippen molar-refractivity contribution in [3.63, 3.8) is 0 Å². The molecule has 2 nitrogen and oxygen atoms in total. The molecule has 1 amide bonds. The molecule has 0 aliphatic carbocycles. The Balaban J connectivity index is 2.32. The summed E-state index contributed by atoms with van der Waals surface area (Å²) in [6, 6.07) is 0.226. The van der Waals surface area contributed by atoms with Gasteiger partial charge in [0.1, 0.15) is 0 Å². The summed E-state index contributed by atoms with van der Waals surface area (Å²) in [5.74, 6) is 0.0881. The fourth-order valence-corrected chi connectivity index (χ4v) is 1.73. The standard InChI is InChI=1S/C11H18BNO/c1-2-3-4-5-7-10-8-6-9-11(14)13(10)12/h4-5,10H,2-3,6-9H2,1H3/b5-4-. The van der Waals surface area contributed by atoms with E-state index in [0.29, 0.717) is 6.42 Å². The van der Waals surface area contributed by atoms with E-state index in [-0.39, 0.29) is 11.9 Å². The molecule has 0 aromatic heterocycles. The average Bonchev–Trinajstić information content (AvgIpc) is 2.19. The van der Waals surface area contributed by atoms with Crippen molar-refractivity contribution < 1.29 is 4.79 Å². The summed E-state index contributed by atoms with van der Waals surface area (Å²) >= 11 is 0. The molecule has 1 saturated heterocycles. The SMILES string of the molecule is [B]N1C(=O)CCCC1C/C=C\CCC. The second kappa shape index (κ2) is 5.89. The van der Waals surface area contributed by atoms with Crippen molar-refractivity contribution in [1.82, 2.24) is 4.81 Å². The van der Waals surface area contributed by atoms with E-state index in [1.165, 1.54) is 11.2 Å². The smallest absolute Gasteiger partial charge is 0.230 e. The third-order valence-corrected chi connectivity index (χ3v) is 2.64. The summed E-state index contributed by atoms with van der Waals surface area (Å²) in [4.78, 5) is 12.7. The molecule has 1 rings (SSSR count). The number of carbonyl (C=O) groups excluding carboxylic acids is 1. The summed E-state index contributed by atoms with van der Waals surface area (Å²) in [7, 11) is 5.69. The van der Waals surface area contributed by atoms with Gasteiger partial charge in [0.2, 0.25) is 13.9 Å². The van der Waals surface area contributed by atoms with Gasteiger partial charge in [0, 0.05) is 12.5 Å². The Labute approximate surface area is 87.8 Å². The Hall–Kier alpha value is -0.725. The van der Waals surface area contributed by atoms with Gasteiger partial charge in [-0.05, 0) is 25.7 Å². The number of piperidine rings is 1. The molecule has 14 heavy (non-hydrogen) atoms. The summed E-state index contributed by atoms with van der Waals surface area (Å²) in [6.07, 6.45) is 10.2. The average molecular weight is 191 g/mol. The molecule has 1 unspecified atom stereocenters. The highest BCUT2D eigenvalue weighted by atomic mass is 16.2. The van der Waals surface area contributed by atoms with Crippen LogP contribution in [0.3, 0.4) is 0 Å². The minimum Gasteiger partial charge on any atom is -0.394 e. The van der Waals surface area contributed by atoms with E-state index in [1.54, 1.807) is 0 Å². The molecule has 0 aromatic carbocycles. The maximum absolute atomic E-state index is 11.3. The second-order valence-corrected chi connectivity index (χ2v) is 3.84. The van der Waals surface area contributed by atoms with Crippen LogP contribution in [0.25, 0.3) is 0 Å². The van der Waals surface area contributed by atoms with Gasteiger partial charge in [-0.1, -0.05) is 25.5 Å². The lowest BCUT2D eigenvalue weighted by Gasteiger charge is -2.32. The first-order chi connectivity index (χ1) is 6.75. The maximum Gasteiger partial charge on any atom is 0.230 e. The molecule has 0 aromatic rings. The van der Waals surface area contributed by atoms with Crippen molar-refractivity contribution in [2.75, 3.05) is 0 Å². The largest absolute Gasteiger partial charge is 0.394 e. The second-order valence-electron chi connectivity index (χ2n) is 3.84. The molecular weight excluding hydrogens is 173 g/mol. The first-order valence-corrected chi connectivity index (χ1v) is 5.47. The van der Waals surface area contributed by atoms with E-state index in [0.717, 1.165) is 25.7 Å². The van der Waals surface area contributed by atoms with Crippen LogP contribution in [-0.2, 0) is 4.79 Å². The van der Waals surface area contributed by atoms with Crippen LogP contribution < -0.4 is 0 Å². The van der Waals surface area contributed by atoms with Gasteiger partial charge < -0.3 is 4.81 Å². The van der Waals surface area contributed by atoms with Gasteiger partial charge in [-0.2, -0.15) is 0 Å². The Bertz CT molecular complexity index is 215. The monoisotopic (exact) mass is 191 g/mol. The van der Waals surface area contributed by atoms with Crippen molar-refractivity contribution in [1.29, 1.82) is 0 Å². The number of amides is 1. The van der Waals surface area contributed by atoms with Crippen molar-refractivity contribution in [3.8, 4) is 0 Å². The molecule has 0 bridgehead atoms. The maximum atomic E-state index is 11.3. The Morgan fingerprint density at radius 3 is 3.07 bits per heavy atom. The van der Waals surface area contributed by atoms with Crippen LogP contribution in [0.15, 0.2) is 12.2 Å². The quantitative estimate of drug-likeness (QED) is 0.492. The lowest BCUT2D eigenvalue weighted by atomic mass is 9.95. The lowest BCUT2D eigenvalue weighted by molar-refractivity contribution is -0.130. The summed E-state index contributed by atoms with van der Waals surface area (Å²) < 4.78 is 0. The molecule has 0 N–H and O–H groups in total. The predicted molar refractivity (Wildman–Crippen MR) is 58.9 cm³/mol. The first-order valence-electron chi connectivity index (χ1n) is 5.47. The molecule has 0 spiro atoms. The van der Waals surface area contributed by atoms with E-state index in [4.69, 9.17) is 7.98 Å². The molecular formula is C11H18BNO. The molecule has 1 atom stereocenters. The first kappa shape index (κ1) is 11.4. The number of hydrogen-bond acceptors (Lipinski definition) is 1. The third kappa shape index (κ3) is 3.20. The fraction of sp³-hybridized carbons (Fsp3) is 0.727. The van der Waals surface area contributed by atoms with E-state index < -0.39 is 0 Å². The topological polar surface area (TPSA) is 20.3 Å². The van der Waals surface area contributed by atoms with Gasteiger partial charge in [-0.15, -0.1) is 0 Å². The highest BCUT2D eigenvalue weighted by Gasteiger charge is 2.22. The zero-order chi connectivity index (χ0) is 10.4. The zero-order valence-electron chi connectivity index (χ0n) is 8.91. The summed E-state index contributed by atoms with van der Waals surface area (Å²) in [5, 5.41) is 0. The van der Waals surface area contributed by atoms with Crippen molar-refractivity contribution in [2.45, 2.75) is 51.5 Å². The van der Waals surface area contributed by atoms with Crippen LogP contribution in [0, 0.1) is 0 Å². The minimum absolute atomic E-state index is 0.0881. The molecule has 3 heteroatoms. The predicted octanol–water partition coefficient (Wildman–Crippen LogP) is 2.20. The highest BCUT2D eigenvalue weighted by molar-refractivity contribution is 6.14. The molecule has 0 saturated carbocycles. The molecule has 1 heterocycles. The van der Waals surface area contributed by atoms with Crippen LogP contribution in [0.2, 0.25) is 0 Å². The van der Waals surface area contributed by atoms with Gasteiger partial charge in [0.05, 0.1) is 0 Å².